The number of ether oxygens (including phenoxy) is 2. The molecule has 1 aromatic carbocycles. The summed E-state index contributed by atoms with van der Waals surface area (Å²) in [4.78, 5) is 0. The van der Waals surface area contributed by atoms with Crippen LogP contribution in [0.25, 0.3) is 0 Å². The number of hydrogen-bond acceptors (Lipinski definition) is 4. The smallest absolute Gasteiger partial charge is 0.118 e. The van der Waals surface area contributed by atoms with Gasteiger partial charge in [0.2, 0.25) is 0 Å². The molecule has 0 spiro atoms. The summed E-state index contributed by atoms with van der Waals surface area (Å²) in [7, 11) is 1.66. The number of methoxy groups -OCH3 is 1. The van der Waals surface area contributed by atoms with E-state index in [1.165, 1.54) is 5.56 Å². The Morgan fingerprint density at radius 1 is 1.24 bits per heavy atom. The second-order valence-corrected chi connectivity index (χ2v) is 4.30. The van der Waals surface area contributed by atoms with Crippen LogP contribution in [0.5, 0.6) is 5.75 Å². The molecule has 1 unspecified atom stereocenters. The molecule has 1 atom stereocenters. The third kappa shape index (κ3) is 5.17. The van der Waals surface area contributed by atoms with Gasteiger partial charge in [0.05, 0.1) is 19.8 Å². The first-order valence-electron chi connectivity index (χ1n) is 5.86. The SMILES string of the molecule is COc1ccc(CC(COC(C)C)NN)cc1. The van der Waals surface area contributed by atoms with Crippen molar-refractivity contribution in [3.63, 3.8) is 0 Å². The van der Waals surface area contributed by atoms with Crippen molar-refractivity contribution in [3.05, 3.63) is 29.8 Å². The molecule has 3 N–H and O–H groups in total. The predicted molar refractivity (Wildman–Crippen MR) is 68.9 cm³/mol. The van der Waals surface area contributed by atoms with Crippen molar-refractivity contribution in [1.29, 1.82) is 0 Å². The molecule has 0 amide bonds. The van der Waals surface area contributed by atoms with Gasteiger partial charge in [0.1, 0.15) is 5.75 Å². The van der Waals surface area contributed by atoms with E-state index in [0.717, 1.165) is 12.2 Å². The summed E-state index contributed by atoms with van der Waals surface area (Å²) in [5, 5.41) is 0. The van der Waals surface area contributed by atoms with E-state index in [0.29, 0.717) is 6.61 Å². The van der Waals surface area contributed by atoms with Gasteiger partial charge in [0.25, 0.3) is 0 Å². The average Bonchev–Trinajstić information content (AvgIpc) is 2.35. The summed E-state index contributed by atoms with van der Waals surface area (Å²) in [6.07, 6.45) is 1.06. The molecule has 17 heavy (non-hydrogen) atoms. The summed E-state index contributed by atoms with van der Waals surface area (Å²) >= 11 is 0. The van der Waals surface area contributed by atoms with Gasteiger partial charge in [-0.1, -0.05) is 12.1 Å². The van der Waals surface area contributed by atoms with E-state index in [4.69, 9.17) is 15.3 Å². The molecule has 0 aliphatic heterocycles. The second kappa shape index (κ2) is 7.27. The quantitative estimate of drug-likeness (QED) is 0.558. The zero-order valence-electron chi connectivity index (χ0n) is 10.8. The normalized spacial score (nSPS) is 12.8. The molecule has 0 bridgehead atoms. The highest BCUT2D eigenvalue weighted by atomic mass is 16.5. The van der Waals surface area contributed by atoms with E-state index < -0.39 is 0 Å². The third-order valence-electron chi connectivity index (χ3n) is 2.51. The van der Waals surface area contributed by atoms with Crippen LogP contribution < -0.4 is 16.0 Å². The summed E-state index contributed by atoms with van der Waals surface area (Å²) in [6.45, 7) is 4.64. The molecule has 0 heterocycles. The van der Waals surface area contributed by atoms with Gasteiger partial charge < -0.3 is 9.47 Å². The largest absolute Gasteiger partial charge is 0.497 e. The molecule has 0 aromatic heterocycles. The van der Waals surface area contributed by atoms with E-state index in [1.807, 2.05) is 38.1 Å². The van der Waals surface area contributed by atoms with Crippen LogP contribution >= 0.6 is 0 Å². The molecule has 0 aliphatic carbocycles. The van der Waals surface area contributed by atoms with Gasteiger partial charge in [0.15, 0.2) is 0 Å². The Balaban J connectivity index is 2.48. The topological polar surface area (TPSA) is 56.5 Å². The van der Waals surface area contributed by atoms with E-state index in [1.54, 1.807) is 7.11 Å². The van der Waals surface area contributed by atoms with Crippen molar-refractivity contribution in [2.75, 3.05) is 13.7 Å². The molecule has 0 aliphatic rings. The van der Waals surface area contributed by atoms with Crippen molar-refractivity contribution in [3.8, 4) is 5.75 Å². The molecular weight excluding hydrogens is 216 g/mol. The van der Waals surface area contributed by atoms with Crippen LogP contribution in [0, 0.1) is 0 Å². The minimum Gasteiger partial charge on any atom is -0.497 e. The number of rotatable bonds is 7. The van der Waals surface area contributed by atoms with Gasteiger partial charge in [-0.25, -0.2) is 0 Å². The molecular formula is C13H22N2O2. The molecule has 4 nitrogen and oxygen atoms in total. The van der Waals surface area contributed by atoms with Gasteiger partial charge in [-0.3, -0.25) is 11.3 Å². The zero-order chi connectivity index (χ0) is 12.7. The Kier molecular flexibility index (Phi) is 5.97. The van der Waals surface area contributed by atoms with Gasteiger partial charge in [0, 0.05) is 6.04 Å². The van der Waals surface area contributed by atoms with Crippen LogP contribution in [0.3, 0.4) is 0 Å². The highest BCUT2D eigenvalue weighted by molar-refractivity contribution is 5.27. The van der Waals surface area contributed by atoms with Crippen molar-refractivity contribution >= 4 is 0 Å². The predicted octanol–water partition coefficient (Wildman–Crippen LogP) is 1.49. The molecule has 0 radical (unpaired) electrons. The Bertz CT molecular complexity index is 312. The summed E-state index contributed by atoms with van der Waals surface area (Å²) in [5.41, 5.74) is 3.99. The van der Waals surface area contributed by atoms with Crippen LogP contribution in [0.2, 0.25) is 0 Å². The lowest BCUT2D eigenvalue weighted by atomic mass is 10.1. The van der Waals surface area contributed by atoms with E-state index in [-0.39, 0.29) is 12.1 Å². The maximum Gasteiger partial charge on any atom is 0.118 e. The van der Waals surface area contributed by atoms with Crippen LogP contribution in [0.15, 0.2) is 24.3 Å². The lowest BCUT2D eigenvalue weighted by Crippen LogP contribution is -2.40. The fraction of sp³-hybridized carbons (Fsp3) is 0.538. The maximum absolute atomic E-state index is 5.54. The van der Waals surface area contributed by atoms with Gasteiger partial charge in [-0.05, 0) is 38.0 Å². The average molecular weight is 238 g/mol. The maximum atomic E-state index is 5.54. The minimum atomic E-state index is 0.130. The number of hydrazine groups is 1. The Labute approximate surface area is 103 Å². The monoisotopic (exact) mass is 238 g/mol. The Morgan fingerprint density at radius 2 is 1.88 bits per heavy atom. The molecule has 0 saturated heterocycles. The van der Waals surface area contributed by atoms with Crippen LogP contribution in [0.1, 0.15) is 19.4 Å². The van der Waals surface area contributed by atoms with E-state index in [2.05, 4.69) is 5.43 Å². The van der Waals surface area contributed by atoms with Crippen LogP contribution in [0.4, 0.5) is 0 Å². The molecule has 0 saturated carbocycles. The molecule has 1 rings (SSSR count). The lowest BCUT2D eigenvalue weighted by Gasteiger charge is -2.17. The van der Waals surface area contributed by atoms with Crippen molar-refractivity contribution < 1.29 is 9.47 Å². The van der Waals surface area contributed by atoms with Crippen molar-refractivity contribution in [1.82, 2.24) is 5.43 Å². The third-order valence-corrected chi connectivity index (χ3v) is 2.51. The highest BCUT2D eigenvalue weighted by Gasteiger charge is 2.09. The zero-order valence-corrected chi connectivity index (χ0v) is 10.8. The van der Waals surface area contributed by atoms with Crippen molar-refractivity contribution in [2.45, 2.75) is 32.4 Å². The molecule has 96 valence electrons. The number of hydrogen-bond donors (Lipinski definition) is 2. The summed E-state index contributed by atoms with van der Waals surface area (Å²) in [6, 6.07) is 8.11. The fourth-order valence-corrected chi connectivity index (χ4v) is 1.52. The Morgan fingerprint density at radius 3 is 2.35 bits per heavy atom. The highest BCUT2D eigenvalue weighted by Crippen LogP contribution is 2.12. The van der Waals surface area contributed by atoms with Gasteiger partial charge >= 0.3 is 0 Å². The molecule has 1 aromatic rings. The molecule has 0 fully saturated rings. The van der Waals surface area contributed by atoms with Crippen molar-refractivity contribution in [2.24, 2.45) is 5.84 Å². The fourth-order valence-electron chi connectivity index (χ4n) is 1.52. The van der Waals surface area contributed by atoms with Gasteiger partial charge in [-0.15, -0.1) is 0 Å². The number of nitrogens with two attached hydrogens (primary N) is 1. The minimum absolute atomic E-state index is 0.130. The van der Waals surface area contributed by atoms with Crippen LogP contribution in [-0.4, -0.2) is 25.9 Å². The van der Waals surface area contributed by atoms with Crippen LogP contribution in [-0.2, 0) is 11.2 Å². The first-order chi connectivity index (χ1) is 8.15. The number of nitrogens with one attached hydrogen (secondary N) is 1. The van der Waals surface area contributed by atoms with E-state index in [9.17, 15) is 0 Å². The summed E-state index contributed by atoms with van der Waals surface area (Å²) in [5.74, 6) is 6.37. The Hall–Kier alpha value is -1.10. The molecule has 4 heteroatoms. The first kappa shape index (κ1) is 14.0. The van der Waals surface area contributed by atoms with Gasteiger partial charge in [-0.2, -0.15) is 0 Å². The number of benzene rings is 1. The summed E-state index contributed by atoms with van der Waals surface area (Å²) < 4.78 is 10.7. The van der Waals surface area contributed by atoms with E-state index >= 15 is 0 Å². The standard InChI is InChI=1S/C13H22N2O2/c1-10(2)17-9-12(15-14)8-11-4-6-13(16-3)7-5-11/h4-7,10,12,15H,8-9,14H2,1-3H3. The lowest BCUT2D eigenvalue weighted by molar-refractivity contribution is 0.0613. The second-order valence-electron chi connectivity index (χ2n) is 4.30. The first-order valence-corrected chi connectivity index (χ1v) is 5.86.